The molecular formula is C28H50O6SSi2. The highest BCUT2D eigenvalue weighted by Crippen LogP contribution is 2.54. The second-order valence-electron chi connectivity index (χ2n) is 13.5. The molecule has 6 nitrogen and oxygen atoms in total. The zero-order valence-electron chi connectivity index (χ0n) is 25.0. The van der Waals surface area contributed by atoms with Crippen LogP contribution in [0, 0.1) is 0 Å². The fraction of sp³-hybridized carbons (Fsp3) is 0.786. The molecule has 1 aromatic rings. The molecule has 2 aliphatic rings. The number of thioether (sulfide) groups is 1. The second-order valence-corrected chi connectivity index (χ2v) is 24.6. The van der Waals surface area contributed by atoms with Crippen LogP contribution < -0.4 is 0 Å². The van der Waals surface area contributed by atoms with E-state index < -0.39 is 23.0 Å². The summed E-state index contributed by atoms with van der Waals surface area (Å²) < 4.78 is 26.6. The highest BCUT2D eigenvalue weighted by Gasteiger charge is 2.64. The highest BCUT2D eigenvalue weighted by molar-refractivity contribution is 7.99. The Hall–Kier alpha value is -0.236. The zero-order valence-corrected chi connectivity index (χ0v) is 27.8. The van der Waals surface area contributed by atoms with Gasteiger partial charge >= 0.3 is 8.56 Å². The van der Waals surface area contributed by atoms with E-state index in [0.717, 1.165) is 4.90 Å². The Balaban J connectivity index is 2.03. The zero-order chi connectivity index (χ0) is 27.8. The Morgan fingerprint density at radius 3 is 1.89 bits per heavy atom. The van der Waals surface area contributed by atoms with Crippen molar-refractivity contribution in [2.75, 3.05) is 6.61 Å². The number of rotatable bonds is 7. The van der Waals surface area contributed by atoms with E-state index in [4.69, 9.17) is 28.1 Å². The molecule has 4 atom stereocenters. The van der Waals surface area contributed by atoms with Crippen LogP contribution >= 0.6 is 11.8 Å². The molecule has 1 aromatic carbocycles. The molecular weight excluding hydrogens is 521 g/mol. The van der Waals surface area contributed by atoms with Crippen LogP contribution in [0.15, 0.2) is 35.2 Å². The molecule has 0 radical (unpaired) electrons. The second kappa shape index (κ2) is 11.7. The Kier molecular flexibility index (Phi) is 9.90. The molecule has 9 heteroatoms. The maximum atomic E-state index is 7.38. The van der Waals surface area contributed by atoms with Gasteiger partial charge in [0, 0.05) is 15.0 Å². The molecule has 212 valence electrons. The normalized spacial score (nSPS) is 27.4. The van der Waals surface area contributed by atoms with Crippen LogP contribution in [0.5, 0.6) is 0 Å². The van der Waals surface area contributed by atoms with Gasteiger partial charge in [-0.25, -0.2) is 18.9 Å². The minimum absolute atomic E-state index is 0.258. The summed E-state index contributed by atoms with van der Waals surface area (Å²) in [5, 5.41) is -0.587. The monoisotopic (exact) mass is 570 g/mol. The Labute approximate surface area is 231 Å². The van der Waals surface area contributed by atoms with E-state index >= 15 is 0 Å². The van der Waals surface area contributed by atoms with E-state index in [9.17, 15) is 0 Å². The SMILES string of the molecule is CC(C)[Si](O[C@H]1[C@@H]2OO[Si](C(C)(C)C)(C(C)(C)C)OOC[C@H]2O[C@@H]1Sc1ccccc1)(C(C)C)C(C)C. The fourth-order valence-corrected chi connectivity index (χ4v) is 16.9. The standard InChI is InChI=1S/C28H50O6SSi2/c1-19(2)36(20(3)4,21(5)6)32-25-24-23(30-26(25)35-22-16-14-13-15-17-22)18-29-33-37(34-31-24,27(7,8)9)28(10,11)12/h13-17,19-21,23-26H,18H2,1-12H3/t23-,24-,25+,26-/m1/s1. The van der Waals surface area contributed by atoms with E-state index in [2.05, 4.69) is 107 Å². The maximum Gasteiger partial charge on any atom is 0.419 e. The van der Waals surface area contributed by atoms with Crippen molar-refractivity contribution < 1.29 is 28.1 Å². The van der Waals surface area contributed by atoms with E-state index in [-0.39, 0.29) is 34.3 Å². The van der Waals surface area contributed by atoms with Crippen molar-refractivity contribution in [1.29, 1.82) is 0 Å². The third-order valence-electron chi connectivity index (χ3n) is 7.97. The lowest BCUT2D eigenvalue weighted by atomic mass is 10.1. The van der Waals surface area contributed by atoms with Crippen molar-refractivity contribution in [3.63, 3.8) is 0 Å². The summed E-state index contributed by atoms with van der Waals surface area (Å²) in [6, 6.07) is 10.3. The minimum Gasteiger partial charge on any atom is -0.407 e. The van der Waals surface area contributed by atoms with Crippen LogP contribution in [0.3, 0.4) is 0 Å². The number of ether oxygens (including phenoxy) is 1. The van der Waals surface area contributed by atoms with Crippen LogP contribution in [0.1, 0.15) is 83.1 Å². The van der Waals surface area contributed by atoms with Gasteiger partial charge in [-0.15, -0.1) is 0 Å². The Morgan fingerprint density at radius 1 is 0.865 bits per heavy atom. The van der Waals surface area contributed by atoms with Crippen LogP contribution in [-0.2, 0) is 28.1 Å². The van der Waals surface area contributed by atoms with E-state index in [1.165, 1.54) is 0 Å². The van der Waals surface area contributed by atoms with Gasteiger partial charge in [0.1, 0.15) is 30.4 Å². The van der Waals surface area contributed by atoms with Crippen molar-refractivity contribution in [3.8, 4) is 0 Å². The van der Waals surface area contributed by atoms with Gasteiger partial charge in [-0.1, -0.05) is 113 Å². The van der Waals surface area contributed by atoms with Gasteiger partial charge in [0.15, 0.2) is 0 Å². The molecule has 2 aliphatic heterocycles. The predicted molar refractivity (Wildman–Crippen MR) is 155 cm³/mol. The summed E-state index contributed by atoms with van der Waals surface area (Å²) in [4.78, 5) is 13.5. The topological polar surface area (TPSA) is 55.4 Å². The Morgan fingerprint density at radius 2 is 1.41 bits per heavy atom. The first-order valence-electron chi connectivity index (χ1n) is 13.8. The van der Waals surface area contributed by atoms with E-state index in [1.807, 2.05) is 6.07 Å². The lowest BCUT2D eigenvalue weighted by Gasteiger charge is -2.48. The van der Waals surface area contributed by atoms with Gasteiger partial charge in [-0.2, -0.15) is 0 Å². The van der Waals surface area contributed by atoms with Gasteiger partial charge < -0.3 is 9.16 Å². The lowest BCUT2D eigenvalue weighted by molar-refractivity contribution is -0.359. The number of hydrogen-bond donors (Lipinski definition) is 0. The quantitative estimate of drug-likeness (QED) is 0.241. The number of hydrogen-bond acceptors (Lipinski definition) is 7. The predicted octanol–water partition coefficient (Wildman–Crippen LogP) is 8.39. The van der Waals surface area contributed by atoms with Crippen LogP contribution in [0.2, 0.25) is 26.7 Å². The molecule has 0 aliphatic carbocycles. The van der Waals surface area contributed by atoms with Gasteiger partial charge in [0.2, 0.25) is 8.32 Å². The molecule has 0 aromatic heterocycles. The lowest BCUT2D eigenvalue weighted by Crippen LogP contribution is -2.60. The van der Waals surface area contributed by atoms with Crippen LogP contribution in [-0.4, -0.2) is 47.2 Å². The molecule has 3 rings (SSSR count). The van der Waals surface area contributed by atoms with Gasteiger partial charge in [-0.3, -0.25) is 0 Å². The third-order valence-corrected chi connectivity index (χ3v) is 19.9. The Bertz CT molecular complexity index is 832. The minimum atomic E-state index is -3.03. The first-order chi connectivity index (χ1) is 17.1. The van der Waals surface area contributed by atoms with Gasteiger partial charge in [-0.05, 0) is 28.8 Å². The van der Waals surface area contributed by atoms with Crippen molar-refractivity contribution in [2.45, 2.75) is 138 Å². The molecule has 0 unspecified atom stereocenters. The summed E-state index contributed by atoms with van der Waals surface area (Å²) in [6.07, 6.45) is -1.09. The van der Waals surface area contributed by atoms with Crippen molar-refractivity contribution >= 4 is 28.6 Å². The van der Waals surface area contributed by atoms with Gasteiger partial charge in [0.05, 0.1) is 0 Å². The summed E-state index contributed by atoms with van der Waals surface area (Å²) in [6.45, 7) is 26.9. The molecule has 0 spiro atoms. The maximum absolute atomic E-state index is 7.38. The van der Waals surface area contributed by atoms with Crippen molar-refractivity contribution in [2.24, 2.45) is 0 Å². The van der Waals surface area contributed by atoms with E-state index in [1.54, 1.807) is 11.8 Å². The van der Waals surface area contributed by atoms with Gasteiger partial charge in [0.25, 0.3) is 0 Å². The summed E-state index contributed by atoms with van der Waals surface area (Å²) in [5.74, 6) is 0. The average Bonchev–Trinajstić information content (AvgIpc) is 3.05. The molecule has 0 amide bonds. The largest absolute Gasteiger partial charge is 0.419 e. The summed E-state index contributed by atoms with van der Waals surface area (Å²) in [7, 11) is -5.28. The highest BCUT2D eigenvalue weighted by atomic mass is 32.2. The third kappa shape index (κ3) is 6.10. The first-order valence-corrected chi connectivity index (χ1v) is 18.6. The summed E-state index contributed by atoms with van der Waals surface area (Å²) in [5.41, 5.74) is 1.04. The van der Waals surface area contributed by atoms with Crippen LogP contribution in [0.25, 0.3) is 0 Å². The smallest absolute Gasteiger partial charge is 0.407 e. The molecule has 0 saturated carbocycles. The van der Waals surface area contributed by atoms with Crippen molar-refractivity contribution in [1.82, 2.24) is 0 Å². The average molecular weight is 571 g/mol. The molecule has 37 heavy (non-hydrogen) atoms. The van der Waals surface area contributed by atoms with Crippen LogP contribution in [0.4, 0.5) is 0 Å². The molecule has 2 saturated heterocycles. The van der Waals surface area contributed by atoms with E-state index in [0.29, 0.717) is 16.6 Å². The fourth-order valence-electron chi connectivity index (χ4n) is 6.39. The molecule has 2 heterocycles. The molecule has 2 fully saturated rings. The number of fused-ring (bicyclic) bond motifs is 1. The molecule has 0 bridgehead atoms. The summed E-state index contributed by atoms with van der Waals surface area (Å²) >= 11 is 1.68. The number of benzene rings is 1. The first kappa shape index (κ1) is 31.3. The molecule has 0 N–H and O–H groups in total. The van der Waals surface area contributed by atoms with Crippen molar-refractivity contribution in [3.05, 3.63) is 30.3 Å².